The molecule has 0 radical (unpaired) electrons. The highest BCUT2D eigenvalue weighted by molar-refractivity contribution is 5.40. The van der Waals surface area contributed by atoms with Gasteiger partial charge in [0.25, 0.3) is 5.69 Å². The van der Waals surface area contributed by atoms with Gasteiger partial charge in [0.15, 0.2) is 0 Å². The lowest BCUT2D eigenvalue weighted by Gasteiger charge is -2.25. The molecule has 1 rings (SSSR count). The summed E-state index contributed by atoms with van der Waals surface area (Å²) in [5.41, 5.74) is -0.742. The number of aliphatic hydroxyl groups is 1. The molecule has 0 fully saturated rings. The Morgan fingerprint density at radius 1 is 1.50 bits per heavy atom. The SMILES string of the molecule is CC(C)CC(C)(O)CNCc1cc(F)ccc1[N+](=O)[O-]. The maximum atomic E-state index is 13.1. The number of halogens is 1. The zero-order valence-electron chi connectivity index (χ0n) is 12.0. The van der Waals surface area contributed by atoms with Gasteiger partial charge in [0, 0.05) is 24.7 Å². The zero-order valence-corrected chi connectivity index (χ0v) is 12.0. The third-order valence-electron chi connectivity index (χ3n) is 2.91. The molecule has 0 amide bonds. The highest BCUT2D eigenvalue weighted by Crippen LogP contribution is 2.20. The lowest BCUT2D eigenvalue weighted by Crippen LogP contribution is -2.38. The Morgan fingerprint density at radius 2 is 2.15 bits per heavy atom. The highest BCUT2D eigenvalue weighted by Gasteiger charge is 2.22. The summed E-state index contributed by atoms with van der Waals surface area (Å²) < 4.78 is 13.1. The molecule has 1 unspecified atom stereocenters. The van der Waals surface area contributed by atoms with Crippen LogP contribution in [0.1, 0.15) is 32.8 Å². The minimum atomic E-state index is -0.893. The molecule has 1 aromatic rings. The first kappa shape index (κ1) is 16.5. The van der Waals surface area contributed by atoms with Gasteiger partial charge >= 0.3 is 0 Å². The molecule has 0 aliphatic carbocycles. The van der Waals surface area contributed by atoms with Crippen molar-refractivity contribution in [2.75, 3.05) is 6.54 Å². The van der Waals surface area contributed by atoms with Crippen LogP contribution in [0.25, 0.3) is 0 Å². The first-order valence-corrected chi connectivity index (χ1v) is 6.57. The minimum Gasteiger partial charge on any atom is -0.389 e. The molecule has 1 aromatic carbocycles. The van der Waals surface area contributed by atoms with Gasteiger partial charge < -0.3 is 10.4 Å². The maximum Gasteiger partial charge on any atom is 0.274 e. The van der Waals surface area contributed by atoms with Crippen LogP contribution in [0.5, 0.6) is 0 Å². The van der Waals surface area contributed by atoms with Crippen molar-refractivity contribution < 1.29 is 14.4 Å². The number of benzene rings is 1. The molecule has 112 valence electrons. The second-order valence-electron chi connectivity index (χ2n) is 5.73. The van der Waals surface area contributed by atoms with Crippen molar-refractivity contribution in [3.05, 3.63) is 39.7 Å². The fourth-order valence-electron chi connectivity index (χ4n) is 2.29. The first-order valence-electron chi connectivity index (χ1n) is 6.57. The summed E-state index contributed by atoms with van der Waals surface area (Å²) in [5.74, 6) is -0.170. The van der Waals surface area contributed by atoms with Crippen molar-refractivity contribution in [3.8, 4) is 0 Å². The van der Waals surface area contributed by atoms with Crippen LogP contribution < -0.4 is 5.32 Å². The first-order chi connectivity index (χ1) is 9.21. The van der Waals surface area contributed by atoms with Crippen molar-refractivity contribution >= 4 is 5.69 Å². The molecule has 0 aliphatic heterocycles. The number of nitro benzene ring substituents is 1. The van der Waals surface area contributed by atoms with Crippen LogP contribution in [0.4, 0.5) is 10.1 Å². The Morgan fingerprint density at radius 3 is 2.70 bits per heavy atom. The molecule has 5 nitrogen and oxygen atoms in total. The van der Waals surface area contributed by atoms with Gasteiger partial charge in [-0.05, 0) is 31.4 Å². The van der Waals surface area contributed by atoms with E-state index < -0.39 is 16.3 Å². The lowest BCUT2D eigenvalue weighted by atomic mass is 9.94. The van der Waals surface area contributed by atoms with Crippen LogP contribution >= 0.6 is 0 Å². The molecular weight excluding hydrogens is 263 g/mol. The van der Waals surface area contributed by atoms with Crippen molar-refractivity contribution in [2.24, 2.45) is 5.92 Å². The summed E-state index contributed by atoms with van der Waals surface area (Å²) in [6.45, 7) is 6.15. The third-order valence-corrected chi connectivity index (χ3v) is 2.91. The lowest BCUT2D eigenvalue weighted by molar-refractivity contribution is -0.385. The topological polar surface area (TPSA) is 75.4 Å². The molecule has 0 aliphatic rings. The van der Waals surface area contributed by atoms with E-state index in [1.165, 1.54) is 0 Å². The quantitative estimate of drug-likeness (QED) is 0.596. The Labute approximate surface area is 118 Å². The molecule has 1 atom stereocenters. The molecule has 0 aromatic heterocycles. The van der Waals surface area contributed by atoms with Crippen molar-refractivity contribution in [1.82, 2.24) is 5.32 Å². The Kier molecular flexibility index (Phi) is 5.59. The van der Waals surface area contributed by atoms with E-state index in [4.69, 9.17) is 0 Å². The van der Waals surface area contributed by atoms with E-state index in [9.17, 15) is 19.6 Å². The molecule has 0 bridgehead atoms. The average Bonchev–Trinajstić information content (AvgIpc) is 2.26. The monoisotopic (exact) mass is 284 g/mol. The van der Waals surface area contributed by atoms with E-state index in [1.54, 1.807) is 6.92 Å². The van der Waals surface area contributed by atoms with E-state index in [2.05, 4.69) is 5.32 Å². The van der Waals surface area contributed by atoms with Gasteiger partial charge in [-0.3, -0.25) is 10.1 Å². The Hall–Kier alpha value is -1.53. The fraction of sp³-hybridized carbons (Fsp3) is 0.571. The summed E-state index contributed by atoms with van der Waals surface area (Å²) in [6.07, 6.45) is 0.616. The number of nitro groups is 1. The fourth-order valence-corrected chi connectivity index (χ4v) is 2.29. The Bertz CT molecular complexity index is 475. The summed E-state index contributed by atoms with van der Waals surface area (Å²) in [7, 11) is 0. The summed E-state index contributed by atoms with van der Waals surface area (Å²) >= 11 is 0. The zero-order chi connectivity index (χ0) is 15.3. The second-order valence-corrected chi connectivity index (χ2v) is 5.73. The molecule has 6 heteroatoms. The molecule has 2 N–H and O–H groups in total. The second kappa shape index (κ2) is 6.76. The number of nitrogens with zero attached hydrogens (tertiary/aromatic N) is 1. The predicted octanol–water partition coefficient (Wildman–Crippen LogP) is 2.62. The molecule has 0 spiro atoms. The summed E-state index contributed by atoms with van der Waals surface area (Å²) in [5, 5.41) is 23.9. The van der Waals surface area contributed by atoms with Gasteiger partial charge in [-0.15, -0.1) is 0 Å². The smallest absolute Gasteiger partial charge is 0.274 e. The van der Waals surface area contributed by atoms with Gasteiger partial charge in [0.05, 0.1) is 10.5 Å². The van der Waals surface area contributed by atoms with Crippen LogP contribution in [0.15, 0.2) is 18.2 Å². The molecular formula is C14H21FN2O3. The van der Waals surface area contributed by atoms with E-state index in [0.29, 0.717) is 18.9 Å². The van der Waals surface area contributed by atoms with Crippen molar-refractivity contribution in [1.29, 1.82) is 0 Å². The van der Waals surface area contributed by atoms with Crippen LogP contribution in [-0.4, -0.2) is 22.2 Å². The van der Waals surface area contributed by atoms with E-state index in [-0.39, 0.29) is 17.8 Å². The van der Waals surface area contributed by atoms with Gasteiger partial charge in [-0.25, -0.2) is 4.39 Å². The maximum absolute atomic E-state index is 13.1. The van der Waals surface area contributed by atoms with Crippen LogP contribution in [0, 0.1) is 21.8 Å². The average molecular weight is 284 g/mol. The van der Waals surface area contributed by atoms with Crippen LogP contribution in [0.2, 0.25) is 0 Å². The summed E-state index contributed by atoms with van der Waals surface area (Å²) in [6, 6.07) is 3.36. The van der Waals surface area contributed by atoms with E-state index >= 15 is 0 Å². The van der Waals surface area contributed by atoms with Gasteiger partial charge in [0.1, 0.15) is 5.82 Å². The van der Waals surface area contributed by atoms with Crippen LogP contribution in [-0.2, 0) is 6.54 Å². The number of hydrogen-bond donors (Lipinski definition) is 2. The van der Waals surface area contributed by atoms with E-state index in [1.807, 2.05) is 13.8 Å². The summed E-state index contributed by atoms with van der Waals surface area (Å²) in [4.78, 5) is 10.3. The largest absolute Gasteiger partial charge is 0.389 e. The predicted molar refractivity (Wildman–Crippen MR) is 74.8 cm³/mol. The van der Waals surface area contributed by atoms with E-state index in [0.717, 1.165) is 18.2 Å². The van der Waals surface area contributed by atoms with Gasteiger partial charge in [0.2, 0.25) is 0 Å². The highest BCUT2D eigenvalue weighted by atomic mass is 19.1. The number of nitrogens with one attached hydrogen (secondary N) is 1. The third kappa shape index (κ3) is 5.22. The van der Waals surface area contributed by atoms with Gasteiger partial charge in [-0.2, -0.15) is 0 Å². The molecule has 20 heavy (non-hydrogen) atoms. The number of hydrogen-bond acceptors (Lipinski definition) is 4. The van der Waals surface area contributed by atoms with Crippen molar-refractivity contribution in [2.45, 2.75) is 39.3 Å². The van der Waals surface area contributed by atoms with Crippen LogP contribution in [0.3, 0.4) is 0 Å². The molecule has 0 saturated heterocycles. The normalized spacial score (nSPS) is 14.3. The minimum absolute atomic E-state index is 0.123. The van der Waals surface area contributed by atoms with Crippen molar-refractivity contribution in [3.63, 3.8) is 0 Å². The van der Waals surface area contributed by atoms with Gasteiger partial charge in [-0.1, -0.05) is 13.8 Å². The number of rotatable bonds is 7. The molecule has 0 saturated carbocycles. The standard InChI is InChI=1S/C14H21FN2O3/c1-10(2)7-14(3,18)9-16-8-11-6-12(15)4-5-13(11)17(19)20/h4-6,10,16,18H,7-9H2,1-3H3. The Balaban J connectivity index is 2.66. The molecule has 0 heterocycles.